The fourth-order valence-electron chi connectivity index (χ4n) is 3.34. The molecule has 1 aromatic carbocycles. The van der Waals surface area contributed by atoms with Gasteiger partial charge in [0.1, 0.15) is 5.25 Å². The van der Waals surface area contributed by atoms with E-state index in [9.17, 15) is 9.90 Å². The first-order chi connectivity index (χ1) is 10.7. The van der Waals surface area contributed by atoms with E-state index in [4.69, 9.17) is 0 Å². The number of thiophene rings is 1. The van der Waals surface area contributed by atoms with Crippen molar-refractivity contribution in [1.82, 2.24) is 5.32 Å². The van der Waals surface area contributed by atoms with E-state index >= 15 is 0 Å². The molecule has 22 heavy (non-hydrogen) atoms. The van der Waals surface area contributed by atoms with Crippen molar-refractivity contribution < 1.29 is 9.90 Å². The molecule has 2 N–H and O–H groups in total. The molecule has 0 fully saturated rings. The van der Waals surface area contributed by atoms with E-state index in [2.05, 4.69) is 16.8 Å². The molecule has 3 nitrogen and oxygen atoms in total. The number of aryl methyl sites for hydroxylation is 1. The zero-order chi connectivity index (χ0) is 15.1. The number of amides is 1. The lowest BCUT2D eigenvalue weighted by Crippen LogP contribution is -2.37. The van der Waals surface area contributed by atoms with Crippen LogP contribution in [0, 0.1) is 0 Å². The van der Waals surface area contributed by atoms with Gasteiger partial charge in [0.25, 0.3) is 0 Å². The second-order valence-corrected chi connectivity index (χ2v) is 7.97. The van der Waals surface area contributed by atoms with Crippen LogP contribution in [0.25, 0.3) is 0 Å². The van der Waals surface area contributed by atoms with Crippen molar-refractivity contribution in [3.63, 3.8) is 0 Å². The Labute approximate surface area is 137 Å². The van der Waals surface area contributed by atoms with E-state index < -0.39 is 6.10 Å². The van der Waals surface area contributed by atoms with Gasteiger partial charge in [-0.2, -0.15) is 0 Å². The van der Waals surface area contributed by atoms with Crippen LogP contribution in [0.2, 0.25) is 0 Å². The maximum atomic E-state index is 12.7. The monoisotopic (exact) mass is 331 g/mol. The van der Waals surface area contributed by atoms with Crippen molar-refractivity contribution in [3.05, 3.63) is 57.3 Å². The summed E-state index contributed by atoms with van der Waals surface area (Å²) in [5.41, 5.74) is 3.34. The third-order valence-electron chi connectivity index (χ3n) is 4.42. The molecule has 114 valence electrons. The Kier molecular flexibility index (Phi) is 3.72. The lowest BCUT2D eigenvalue weighted by molar-refractivity contribution is -0.122. The smallest absolute Gasteiger partial charge is 0.238 e. The van der Waals surface area contributed by atoms with Gasteiger partial charge in [-0.15, -0.1) is 23.1 Å². The molecule has 2 heterocycles. The number of hydrogen-bond donors (Lipinski definition) is 2. The average molecular weight is 331 g/mol. The van der Waals surface area contributed by atoms with Crippen LogP contribution in [0.1, 0.15) is 32.9 Å². The molecule has 1 aliphatic heterocycles. The van der Waals surface area contributed by atoms with Gasteiger partial charge in [0.15, 0.2) is 0 Å². The Balaban J connectivity index is 1.56. The number of fused-ring (bicyclic) bond motifs is 2. The summed E-state index contributed by atoms with van der Waals surface area (Å²) in [6.07, 6.45) is 1.13. The quantitative estimate of drug-likeness (QED) is 0.890. The molecular weight excluding hydrogens is 314 g/mol. The third-order valence-corrected chi connectivity index (χ3v) is 6.65. The molecule has 1 aromatic heterocycles. The van der Waals surface area contributed by atoms with E-state index in [-0.39, 0.29) is 17.2 Å². The number of carbonyl (C=O) groups is 1. The summed E-state index contributed by atoms with van der Waals surface area (Å²) < 4.78 is 0. The first kappa shape index (κ1) is 14.3. The predicted molar refractivity (Wildman–Crippen MR) is 90.3 cm³/mol. The Hall–Kier alpha value is -1.30. The van der Waals surface area contributed by atoms with E-state index in [1.807, 2.05) is 24.3 Å². The predicted octanol–water partition coefficient (Wildman–Crippen LogP) is 2.85. The van der Waals surface area contributed by atoms with Gasteiger partial charge in [-0.25, -0.2) is 0 Å². The van der Waals surface area contributed by atoms with Crippen molar-refractivity contribution in [2.45, 2.75) is 30.2 Å². The fourth-order valence-corrected chi connectivity index (χ4v) is 5.64. The highest BCUT2D eigenvalue weighted by molar-refractivity contribution is 8.00. The molecule has 2 aromatic rings. The Morgan fingerprint density at radius 1 is 1.23 bits per heavy atom. The summed E-state index contributed by atoms with van der Waals surface area (Å²) >= 11 is 3.43. The van der Waals surface area contributed by atoms with Gasteiger partial charge in [0, 0.05) is 11.3 Å². The van der Waals surface area contributed by atoms with Crippen LogP contribution in [0.5, 0.6) is 0 Å². The van der Waals surface area contributed by atoms with Gasteiger partial charge in [0.05, 0.1) is 12.1 Å². The maximum absolute atomic E-state index is 12.7. The van der Waals surface area contributed by atoms with Crippen molar-refractivity contribution >= 4 is 29.0 Å². The van der Waals surface area contributed by atoms with Crippen molar-refractivity contribution in [1.29, 1.82) is 0 Å². The SMILES string of the molecule is O=C(N[C@@H]1c2ccccc2C[C@H]1O)[C@@H]1SCCc2sccc21. The number of rotatable bonds is 2. The molecule has 0 unspecified atom stereocenters. The number of carbonyl (C=O) groups excluding carboxylic acids is 1. The van der Waals surface area contributed by atoms with Crippen LogP contribution in [0.3, 0.4) is 0 Å². The van der Waals surface area contributed by atoms with Crippen molar-refractivity contribution in [3.8, 4) is 0 Å². The van der Waals surface area contributed by atoms with E-state index in [0.717, 1.165) is 28.9 Å². The van der Waals surface area contributed by atoms with Crippen LogP contribution in [-0.4, -0.2) is 22.9 Å². The van der Waals surface area contributed by atoms with Crippen molar-refractivity contribution in [2.75, 3.05) is 5.75 Å². The van der Waals surface area contributed by atoms with Gasteiger partial charge in [0.2, 0.25) is 5.91 Å². The summed E-state index contributed by atoms with van der Waals surface area (Å²) in [6, 6.07) is 9.74. The average Bonchev–Trinajstić information content (AvgIpc) is 3.12. The van der Waals surface area contributed by atoms with E-state index in [1.54, 1.807) is 23.1 Å². The zero-order valence-electron chi connectivity index (χ0n) is 12.0. The molecule has 1 amide bonds. The van der Waals surface area contributed by atoms with Crippen LogP contribution in [0.4, 0.5) is 0 Å². The number of aliphatic hydroxyl groups is 1. The molecule has 1 aliphatic carbocycles. The normalized spacial score (nSPS) is 26.3. The molecule has 3 atom stereocenters. The second-order valence-electron chi connectivity index (χ2n) is 5.76. The van der Waals surface area contributed by atoms with Gasteiger partial charge >= 0.3 is 0 Å². The molecule has 0 spiro atoms. The number of thioether (sulfide) groups is 1. The fraction of sp³-hybridized carbons (Fsp3) is 0.353. The summed E-state index contributed by atoms with van der Waals surface area (Å²) in [4.78, 5) is 14.1. The molecule has 0 radical (unpaired) electrons. The number of aliphatic hydroxyl groups excluding tert-OH is 1. The van der Waals surface area contributed by atoms with Crippen LogP contribution < -0.4 is 5.32 Å². The van der Waals surface area contributed by atoms with E-state index in [0.29, 0.717) is 6.42 Å². The molecular formula is C17H17NO2S2. The standard InChI is InChI=1S/C17H17NO2S2/c19-13-9-10-3-1-2-4-11(10)15(13)18-17(20)16-12-5-7-21-14(12)6-8-22-16/h1-5,7,13,15-16,19H,6,8-9H2,(H,18,20)/t13-,15-,16-/m1/s1. The maximum Gasteiger partial charge on any atom is 0.238 e. The topological polar surface area (TPSA) is 49.3 Å². The van der Waals surface area contributed by atoms with Gasteiger partial charge < -0.3 is 10.4 Å². The number of nitrogens with one attached hydrogen (secondary N) is 1. The summed E-state index contributed by atoms with van der Waals surface area (Å²) in [7, 11) is 0. The molecule has 4 rings (SSSR count). The number of hydrogen-bond acceptors (Lipinski definition) is 4. The largest absolute Gasteiger partial charge is 0.390 e. The minimum atomic E-state index is -0.531. The van der Waals surface area contributed by atoms with Gasteiger partial charge in [-0.1, -0.05) is 24.3 Å². The van der Waals surface area contributed by atoms with Crippen LogP contribution in [-0.2, 0) is 17.6 Å². The van der Waals surface area contributed by atoms with Gasteiger partial charge in [-0.3, -0.25) is 4.79 Å². The first-order valence-electron chi connectivity index (χ1n) is 7.48. The Bertz CT molecular complexity index is 712. The minimum Gasteiger partial charge on any atom is -0.390 e. The molecule has 0 saturated heterocycles. The highest BCUT2D eigenvalue weighted by Gasteiger charge is 2.35. The molecule has 0 bridgehead atoms. The molecule has 2 aliphatic rings. The zero-order valence-corrected chi connectivity index (χ0v) is 13.6. The molecule has 0 saturated carbocycles. The summed E-state index contributed by atoms with van der Waals surface area (Å²) in [5.74, 6) is 1.00. The molecule has 5 heteroatoms. The number of benzene rings is 1. The second kappa shape index (κ2) is 5.72. The van der Waals surface area contributed by atoms with Crippen LogP contribution >= 0.6 is 23.1 Å². The lowest BCUT2D eigenvalue weighted by Gasteiger charge is -2.25. The Morgan fingerprint density at radius 3 is 3.00 bits per heavy atom. The minimum absolute atomic E-state index is 0.0186. The summed E-state index contributed by atoms with van der Waals surface area (Å²) in [5, 5.41) is 15.3. The van der Waals surface area contributed by atoms with Gasteiger partial charge in [-0.05, 0) is 40.3 Å². The van der Waals surface area contributed by atoms with E-state index in [1.165, 1.54) is 4.88 Å². The summed E-state index contributed by atoms with van der Waals surface area (Å²) in [6.45, 7) is 0. The third kappa shape index (κ3) is 2.37. The van der Waals surface area contributed by atoms with Crippen molar-refractivity contribution in [2.24, 2.45) is 0 Å². The van der Waals surface area contributed by atoms with Crippen LogP contribution in [0.15, 0.2) is 35.7 Å². The highest BCUT2D eigenvalue weighted by Crippen LogP contribution is 2.40. The first-order valence-corrected chi connectivity index (χ1v) is 9.41. The highest BCUT2D eigenvalue weighted by atomic mass is 32.2. The lowest BCUT2D eigenvalue weighted by atomic mass is 10.1. The Morgan fingerprint density at radius 2 is 2.09 bits per heavy atom.